The maximum Gasteiger partial charge on any atom is 0.229 e. The number of carbonyl (C=O) groups is 2. The molecule has 0 N–H and O–H groups in total. The van der Waals surface area contributed by atoms with Crippen molar-refractivity contribution in [2.24, 2.45) is 5.92 Å². The second-order valence-corrected chi connectivity index (χ2v) is 5.76. The number of carbonyl (C=O) groups excluding carboxylic acids is 2. The zero-order valence-corrected chi connectivity index (χ0v) is 10.5. The van der Waals surface area contributed by atoms with E-state index in [1.165, 1.54) is 23.1 Å². The summed E-state index contributed by atoms with van der Waals surface area (Å²) in [5, 5.41) is 2.74. The molecule has 1 aromatic rings. The van der Waals surface area contributed by atoms with Crippen LogP contribution in [-0.4, -0.2) is 28.3 Å². The number of aromatic nitrogens is 1. The zero-order chi connectivity index (χ0) is 11.5. The number of thiazole rings is 1. The molecule has 1 unspecified atom stereocenters. The van der Waals surface area contributed by atoms with Crippen LogP contribution < -0.4 is 4.90 Å². The van der Waals surface area contributed by atoms with Crippen molar-refractivity contribution >= 4 is 39.3 Å². The normalized spacial score (nSPS) is 20.4. The number of hydrogen-bond donors (Lipinski definition) is 0. The van der Waals surface area contributed by atoms with Gasteiger partial charge in [0.05, 0.1) is 0 Å². The van der Waals surface area contributed by atoms with E-state index in [0.29, 0.717) is 13.0 Å². The first-order valence-corrected chi connectivity index (χ1v) is 6.86. The van der Waals surface area contributed by atoms with Gasteiger partial charge in [-0.1, -0.05) is 11.8 Å². The summed E-state index contributed by atoms with van der Waals surface area (Å²) in [5.74, 6) is 1.11. The summed E-state index contributed by atoms with van der Waals surface area (Å²) in [5.41, 5.74) is 0. The highest BCUT2D eigenvalue weighted by Crippen LogP contribution is 2.28. The fraction of sp³-hybridized carbons (Fsp3) is 0.500. The maximum atomic E-state index is 11.7. The fourth-order valence-corrected chi connectivity index (χ4v) is 3.02. The van der Waals surface area contributed by atoms with Crippen LogP contribution in [0.3, 0.4) is 0 Å². The highest BCUT2D eigenvalue weighted by atomic mass is 32.2. The summed E-state index contributed by atoms with van der Waals surface area (Å²) in [7, 11) is 0. The molecule has 0 bridgehead atoms. The monoisotopic (exact) mass is 256 g/mol. The Morgan fingerprint density at radius 1 is 1.75 bits per heavy atom. The Morgan fingerprint density at radius 3 is 3.19 bits per heavy atom. The SMILES string of the molecule is CC(=O)SCC1CC(=O)N(c2nccs2)C1. The topological polar surface area (TPSA) is 50.3 Å². The van der Waals surface area contributed by atoms with Crippen LogP contribution in [0.15, 0.2) is 11.6 Å². The van der Waals surface area contributed by atoms with Crippen LogP contribution in [0.1, 0.15) is 13.3 Å². The Labute approximate surface area is 102 Å². The van der Waals surface area contributed by atoms with E-state index in [2.05, 4.69) is 4.98 Å². The second kappa shape index (κ2) is 4.97. The lowest BCUT2D eigenvalue weighted by Gasteiger charge is -2.12. The lowest BCUT2D eigenvalue weighted by molar-refractivity contribution is -0.117. The highest BCUT2D eigenvalue weighted by Gasteiger charge is 2.31. The van der Waals surface area contributed by atoms with Gasteiger partial charge < -0.3 is 0 Å². The number of rotatable bonds is 3. The van der Waals surface area contributed by atoms with E-state index < -0.39 is 0 Å². The third-order valence-corrected chi connectivity index (χ3v) is 4.22. The van der Waals surface area contributed by atoms with Gasteiger partial charge in [-0.3, -0.25) is 14.5 Å². The molecule has 0 radical (unpaired) electrons. The first kappa shape index (κ1) is 11.6. The van der Waals surface area contributed by atoms with E-state index in [1.807, 2.05) is 5.38 Å². The Kier molecular flexibility index (Phi) is 3.60. The number of thioether (sulfide) groups is 1. The molecule has 4 nitrogen and oxygen atoms in total. The van der Waals surface area contributed by atoms with E-state index in [0.717, 1.165) is 10.9 Å². The third kappa shape index (κ3) is 2.62. The molecule has 1 aromatic heterocycles. The molecule has 1 aliphatic rings. The van der Waals surface area contributed by atoms with Gasteiger partial charge in [0.15, 0.2) is 10.2 Å². The van der Waals surface area contributed by atoms with E-state index in [1.54, 1.807) is 18.0 Å². The van der Waals surface area contributed by atoms with E-state index in [-0.39, 0.29) is 16.9 Å². The first-order valence-electron chi connectivity index (χ1n) is 5.00. The highest BCUT2D eigenvalue weighted by molar-refractivity contribution is 8.13. The van der Waals surface area contributed by atoms with Gasteiger partial charge in [-0.25, -0.2) is 4.98 Å². The third-order valence-electron chi connectivity index (χ3n) is 2.38. The number of hydrogen-bond acceptors (Lipinski definition) is 5. The molecule has 0 saturated carbocycles. The van der Waals surface area contributed by atoms with Crippen molar-refractivity contribution in [3.05, 3.63) is 11.6 Å². The zero-order valence-electron chi connectivity index (χ0n) is 8.88. The lowest BCUT2D eigenvalue weighted by Crippen LogP contribution is -2.24. The maximum absolute atomic E-state index is 11.7. The molecule has 86 valence electrons. The lowest BCUT2D eigenvalue weighted by atomic mass is 10.1. The van der Waals surface area contributed by atoms with Crippen molar-refractivity contribution in [2.75, 3.05) is 17.2 Å². The molecule has 1 amide bonds. The minimum Gasteiger partial charge on any atom is -0.288 e. The standard InChI is InChI=1S/C10H12N2O2S2/c1-7(13)16-6-8-4-9(14)12(5-8)10-11-2-3-15-10/h2-3,8H,4-6H2,1H3. The average molecular weight is 256 g/mol. The molecule has 2 rings (SSSR count). The van der Waals surface area contributed by atoms with Gasteiger partial charge in [-0.2, -0.15) is 0 Å². The summed E-state index contributed by atoms with van der Waals surface area (Å²) < 4.78 is 0. The second-order valence-electron chi connectivity index (χ2n) is 3.69. The number of anilines is 1. The Bertz CT molecular complexity index is 392. The van der Waals surface area contributed by atoms with Crippen LogP contribution in [0.4, 0.5) is 5.13 Å². The van der Waals surface area contributed by atoms with Gasteiger partial charge in [0, 0.05) is 37.2 Å². The van der Waals surface area contributed by atoms with Gasteiger partial charge in [0.25, 0.3) is 0 Å². The Hall–Kier alpha value is -0.880. The van der Waals surface area contributed by atoms with Crippen molar-refractivity contribution < 1.29 is 9.59 Å². The Balaban J connectivity index is 1.94. The van der Waals surface area contributed by atoms with E-state index >= 15 is 0 Å². The predicted octanol–water partition coefficient (Wildman–Crippen LogP) is 1.78. The van der Waals surface area contributed by atoms with Crippen LogP contribution in [-0.2, 0) is 9.59 Å². The summed E-state index contributed by atoms with van der Waals surface area (Å²) in [4.78, 5) is 28.4. The summed E-state index contributed by atoms with van der Waals surface area (Å²) in [6.45, 7) is 2.24. The van der Waals surface area contributed by atoms with Crippen molar-refractivity contribution in [2.45, 2.75) is 13.3 Å². The van der Waals surface area contributed by atoms with Crippen molar-refractivity contribution in [3.8, 4) is 0 Å². The van der Waals surface area contributed by atoms with Gasteiger partial charge in [-0.15, -0.1) is 11.3 Å². The molecular formula is C10H12N2O2S2. The van der Waals surface area contributed by atoms with Crippen molar-refractivity contribution in [3.63, 3.8) is 0 Å². The van der Waals surface area contributed by atoms with Crippen LogP contribution in [0.5, 0.6) is 0 Å². The van der Waals surface area contributed by atoms with E-state index in [4.69, 9.17) is 0 Å². The Morgan fingerprint density at radius 2 is 2.56 bits per heavy atom. The minimum absolute atomic E-state index is 0.111. The van der Waals surface area contributed by atoms with Gasteiger partial charge in [0.2, 0.25) is 5.91 Å². The van der Waals surface area contributed by atoms with E-state index in [9.17, 15) is 9.59 Å². The molecule has 16 heavy (non-hydrogen) atoms. The average Bonchev–Trinajstić information content (AvgIpc) is 2.83. The van der Waals surface area contributed by atoms with Crippen molar-refractivity contribution in [1.29, 1.82) is 0 Å². The van der Waals surface area contributed by atoms with Crippen molar-refractivity contribution in [1.82, 2.24) is 4.98 Å². The van der Waals surface area contributed by atoms with Crippen LogP contribution in [0.25, 0.3) is 0 Å². The fourth-order valence-electron chi connectivity index (χ4n) is 1.66. The largest absolute Gasteiger partial charge is 0.288 e. The first-order chi connectivity index (χ1) is 7.66. The molecular weight excluding hydrogens is 244 g/mol. The molecule has 6 heteroatoms. The van der Waals surface area contributed by atoms with Crippen LogP contribution in [0, 0.1) is 5.92 Å². The molecule has 0 aromatic carbocycles. The molecule has 0 aliphatic carbocycles. The number of amides is 1. The van der Waals surface area contributed by atoms with Crippen LogP contribution >= 0.6 is 23.1 Å². The quantitative estimate of drug-likeness (QED) is 0.827. The smallest absolute Gasteiger partial charge is 0.229 e. The molecule has 1 atom stereocenters. The van der Waals surface area contributed by atoms with Gasteiger partial charge in [-0.05, 0) is 5.92 Å². The van der Waals surface area contributed by atoms with Crippen LogP contribution in [0.2, 0.25) is 0 Å². The summed E-state index contributed by atoms with van der Waals surface area (Å²) in [6, 6.07) is 0. The van der Waals surface area contributed by atoms with Gasteiger partial charge in [0.1, 0.15) is 0 Å². The summed E-state index contributed by atoms with van der Waals surface area (Å²) in [6.07, 6.45) is 2.23. The number of nitrogens with zero attached hydrogens (tertiary/aromatic N) is 2. The predicted molar refractivity (Wildman–Crippen MR) is 65.7 cm³/mol. The molecule has 1 fully saturated rings. The van der Waals surface area contributed by atoms with Gasteiger partial charge >= 0.3 is 0 Å². The molecule has 2 heterocycles. The summed E-state index contributed by atoms with van der Waals surface area (Å²) >= 11 is 2.77. The minimum atomic E-state index is 0.111. The molecule has 1 aliphatic heterocycles. The molecule has 0 spiro atoms. The molecule has 1 saturated heterocycles.